The highest BCUT2D eigenvalue weighted by Gasteiger charge is 2.13. The maximum atomic E-state index is 11.5. The Labute approximate surface area is 98.4 Å². The fraction of sp³-hybridized carbons (Fsp3) is 0.769. The Morgan fingerprint density at radius 2 is 2.19 bits per heavy atom. The van der Waals surface area contributed by atoms with Crippen molar-refractivity contribution in [2.75, 3.05) is 19.6 Å². The topological polar surface area (TPSA) is 41.1 Å². The summed E-state index contributed by atoms with van der Waals surface area (Å²) in [5, 5.41) is 6.23. The van der Waals surface area contributed by atoms with Crippen LogP contribution in [-0.4, -0.2) is 25.5 Å². The van der Waals surface area contributed by atoms with Gasteiger partial charge in [0, 0.05) is 19.4 Å². The molecule has 0 aromatic carbocycles. The van der Waals surface area contributed by atoms with Gasteiger partial charge in [-0.3, -0.25) is 4.79 Å². The van der Waals surface area contributed by atoms with E-state index in [-0.39, 0.29) is 5.91 Å². The first kappa shape index (κ1) is 13.1. The molecule has 90 valence electrons. The van der Waals surface area contributed by atoms with E-state index in [4.69, 9.17) is 0 Å². The van der Waals surface area contributed by atoms with Gasteiger partial charge >= 0.3 is 0 Å². The zero-order valence-corrected chi connectivity index (χ0v) is 10.1. The summed E-state index contributed by atoms with van der Waals surface area (Å²) in [6.07, 6.45) is 4.90. The first-order valence-corrected chi connectivity index (χ1v) is 6.20. The second-order valence-corrected chi connectivity index (χ2v) is 4.26. The molecule has 0 radical (unpaired) electrons. The standard InChI is InChI=1S/C13H22N2O/c1-2-3-4-9-15-13(16)6-5-12-7-10-14-11-8-12/h12,14H,4-11H2,1H3,(H,15,16). The molecule has 1 rings (SSSR count). The third-order valence-electron chi connectivity index (χ3n) is 2.99. The van der Waals surface area contributed by atoms with Crippen LogP contribution in [0.2, 0.25) is 0 Å². The third-order valence-corrected chi connectivity index (χ3v) is 2.99. The van der Waals surface area contributed by atoms with E-state index in [1.54, 1.807) is 0 Å². The molecular weight excluding hydrogens is 200 g/mol. The van der Waals surface area contributed by atoms with E-state index in [2.05, 4.69) is 22.5 Å². The molecule has 1 amide bonds. The lowest BCUT2D eigenvalue weighted by Gasteiger charge is -2.22. The number of carbonyl (C=O) groups excluding carboxylic acids is 1. The van der Waals surface area contributed by atoms with Crippen LogP contribution in [-0.2, 0) is 4.79 Å². The summed E-state index contributed by atoms with van der Waals surface area (Å²) in [5.74, 6) is 6.67. The number of amides is 1. The van der Waals surface area contributed by atoms with Gasteiger partial charge < -0.3 is 10.6 Å². The highest BCUT2D eigenvalue weighted by atomic mass is 16.1. The van der Waals surface area contributed by atoms with Crippen molar-refractivity contribution in [3.05, 3.63) is 0 Å². The van der Waals surface area contributed by atoms with E-state index in [1.807, 2.05) is 6.92 Å². The molecule has 1 aliphatic heterocycles. The SMILES string of the molecule is CC#CCCNC(=O)CCC1CCNCC1. The summed E-state index contributed by atoms with van der Waals surface area (Å²) in [5.41, 5.74) is 0. The van der Waals surface area contributed by atoms with Crippen LogP contribution < -0.4 is 10.6 Å². The summed E-state index contributed by atoms with van der Waals surface area (Å²) in [6, 6.07) is 0. The number of piperidine rings is 1. The lowest BCUT2D eigenvalue weighted by atomic mass is 9.93. The van der Waals surface area contributed by atoms with Gasteiger partial charge in [-0.1, -0.05) is 0 Å². The average Bonchev–Trinajstić information content (AvgIpc) is 2.33. The van der Waals surface area contributed by atoms with Crippen LogP contribution in [0.1, 0.15) is 39.0 Å². The Balaban J connectivity index is 2.02. The van der Waals surface area contributed by atoms with Crippen molar-refractivity contribution < 1.29 is 4.79 Å². The molecule has 0 aliphatic carbocycles. The fourth-order valence-electron chi connectivity index (χ4n) is 1.98. The highest BCUT2D eigenvalue weighted by molar-refractivity contribution is 5.75. The zero-order valence-electron chi connectivity index (χ0n) is 10.1. The molecule has 0 spiro atoms. The molecule has 3 heteroatoms. The van der Waals surface area contributed by atoms with Gasteiger partial charge in [-0.15, -0.1) is 11.8 Å². The smallest absolute Gasteiger partial charge is 0.220 e. The highest BCUT2D eigenvalue weighted by Crippen LogP contribution is 2.17. The number of nitrogens with one attached hydrogen (secondary N) is 2. The van der Waals surface area contributed by atoms with Crippen LogP contribution >= 0.6 is 0 Å². The Kier molecular flexibility index (Phi) is 6.67. The fourth-order valence-corrected chi connectivity index (χ4v) is 1.98. The summed E-state index contributed by atoms with van der Waals surface area (Å²) >= 11 is 0. The van der Waals surface area contributed by atoms with Crippen molar-refractivity contribution in [2.45, 2.75) is 39.0 Å². The maximum Gasteiger partial charge on any atom is 0.220 e. The van der Waals surface area contributed by atoms with Gasteiger partial charge in [0.05, 0.1) is 0 Å². The van der Waals surface area contributed by atoms with Crippen LogP contribution in [0.4, 0.5) is 0 Å². The lowest BCUT2D eigenvalue weighted by Crippen LogP contribution is -2.29. The van der Waals surface area contributed by atoms with Crippen LogP contribution in [0.15, 0.2) is 0 Å². The lowest BCUT2D eigenvalue weighted by molar-refractivity contribution is -0.121. The van der Waals surface area contributed by atoms with E-state index < -0.39 is 0 Å². The van der Waals surface area contributed by atoms with E-state index >= 15 is 0 Å². The largest absolute Gasteiger partial charge is 0.355 e. The minimum atomic E-state index is 0.177. The number of hydrogen-bond acceptors (Lipinski definition) is 2. The van der Waals surface area contributed by atoms with Crippen molar-refractivity contribution in [3.8, 4) is 11.8 Å². The maximum absolute atomic E-state index is 11.5. The molecule has 0 bridgehead atoms. The molecule has 0 aromatic rings. The van der Waals surface area contributed by atoms with Crippen LogP contribution in [0.5, 0.6) is 0 Å². The third kappa shape index (κ3) is 5.77. The molecule has 1 fully saturated rings. The normalized spacial score (nSPS) is 16.3. The monoisotopic (exact) mass is 222 g/mol. The molecule has 0 atom stereocenters. The molecule has 0 unspecified atom stereocenters. The second kappa shape index (κ2) is 8.18. The Morgan fingerprint density at radius 1 is 1.44 bits per heavy atom. The van der Waals surface area contributed by atoms with Crippen LogP contribution in [0, 0.1) is 17.8 Å². The van der Waals surface area contributed by atoms with Gasteiger partial charge in [-0.25, -0.2) is 0 Å². The van der Waals surface area contributed by atoms with Crippen molar-refractivity contribution in [2.24, 2.45) is 5.92 Å². The summed E-state index contributed by atoms with van der Waals surface area (Å²) in [6.45, 7) is 4.72. The molecule has 16 heavy (non-hydrogen) atoms. The average molecular weight is 222 g/mol. The molecule has 1 heterocycles. The number of hydrogen-bond donors (Lipinski definition) is 2. The number of rotatable bonds is 5. The minimum absolute atomic E-state index is 0.177. The summed E-state index contributed by atoms with van der Waals surface area (Å²) in [4.78, 5) is 11.5. The second-order valence-electron chi connectivity index (χ2n) is 4.26. The molecular formula is C13H22N2O. The van der Waals surface area contributed by atoms with Crippen molar-refractivity contribution in [1.29, 1.82) is 0 Å². The number of carbonyl (C=O) groups is 1. The Bertz CT molecular complexity index is 259. The molecule has 2 N–H and O–H groups in total. The molecule has 1 saturated heterocycles. The predicted molar refractivity (Wildman–Crippen MR) is 65.9 cm³/mol. The minimum Gasteiger partial charge on any atom is -0.355 e. The summed E-state index contributed by atoms with van der Waals surface area (Å²) in [7, 11) is 0. The van der Waals surface area contributed by atoms with Crippen LogP contribution in [0.3, 0.4) is 0 Å². The first-order valence-electron chi connectivity index (χ1n) is 6.20. The predicted octanol–water partition coefficient (Wildman–Crippen LogP) is 1.30. The molecule has 1 aliphatic rings. The first-order chi connectivity index (χ1) is 7.83. The Hall–Kier alpha value is -1.01. The van der Waals surface area contributed by atoms with Crippen molar-refractivity contribution in [3.63, 3.8) is 0 Å². The molecule has 3 nitrogen and oxygen atoms in total. The van der Waals surface area contributed by atoms with Gasteiger partial charge in [-0.05, 0) is 45.2 Å². The Morgan fingerprint density at radius 3 is 2.88 bits per heavy atom. The van der Waals surface area contributed by atoms with E-state index in [0.29, 0.717) is 13.0 Å². The molecule has 0 saturated carbocycles. The quantitative estimate of drug-likeness (QED) is 0.544. The van der Waals surface area contributed by atoms with Gasteiger partial charge in [0.2, 0.25) is 5.91 Å². The van der Waals surface area contributed by atoms with Crippen molar-refractivity contribution >= 4 is 5.91 Å². The van der Waals surface area contributed by atoms with Gasteiger partial charge in [-0.2, -0.15) is 0 Å². The van der Waals surface area contributed by atoms with Gasteiger partial charge in [0.15, 0.2) is 0 Å². The van der Waals surface area contributed by atoms with E-state index in [9.17, 15) is 4.79 Å². The molecule has 0 aromatic heterocycles. The van der Waals surface area contributed by atoms with Gasteiger partial charge in [0.1, 0.15) is 0 Å². The van der Waals surface area contributed by atoms with Crippen molar-refractivity contribution in [1.82, 2.24) is 10.6 Å². The summed E-state index contributed by atoms with van der Waals surface area (Å²) < 4.78 is 0. The van der Waals surface area contributed by atoms with Gasteiger partial charge in [0.25, 0.3) is 0 Å². The van der Waals surface area contributed by atoms with E-state index in [1.165, 1.54) is 12.8 Å². The zero-order chi connectivity index (χ0) is 11.6. The van der Waals surface area contributed by atoms with E-state index in [0.717, 1.165) is 31.8 Å². The van der Waals surface area contributed by atoms with Crippen LogP contribution in [0.25, 0.3) is 0 Å².